The fourth-order valence-corrected chi connectivity index (χ4v) is 0.547. The summed E-state index contributed by atoms with van der Waals surface area (Å²) in [6.45, 7) is 1.30. The second-order valence-electron chi connectivity index (χ2n) is 1.84. The van der Waals surface area contributed by atoms with Crippen molar-refractivity contribution >= 4 is 34.5 Å². The Bertz CT molecular complexity index is 229. The minimum absolute atomic E-state index is 0.0708. The van der Waals surface area contributed by atoms with E-state index in [1.807, 2.05) is 22.6 Å². The summed E-state index contributed by atoms with van der Waals surface area (Å²) >= 11 is 1.84. The quantitative estimate of drug-likeness (QED) is 0.452. The Hall–Kier alpha value is -0.770. The number of esters is 1. The van der Waals surface area contributed by atoms with Crippen LogP contribution in [0.5, 0.6) is 0 Å². The lowest BCUT2D eigenvalue weighted by molar-refractivity contribution is -0.142. The number of nitrogens with one attached hydrogen (secondary N) is 1. The van der Waals surface area contributed by atoms with Crippen LogP contribution in [0.25, 0.3) is 0 Å². The van der Waals surface area contributed by atoms with Crippen molar-refractivity contribution in [2.45, 2.75) is 6.92 Å². The molecule has 0 unspecified atom stereocenters. The lowest BCUT2D eigenvalue weighted by atomic mass is 10.6. The molecule has 0 bridgehead atoms. The van der Waals surface area contributed by atoms with Gasteiger partial charge in [0.25, 0.3) is 0 Å². The van der Waals surface area contributed by atoms with Crippen LogP contribution in [0.4, 0.5) is 0 Å². The number of carbonyl (C=O) groups excluding carboxylic acids is 2. The summed E-state index contributed by atoms with van der Waals surface area (Å²) in [5.41, 5.74) is 0. The van der Waals surface area contributed by atoms with Gasteiger partial charge >= 0.3 is 5.97 Å². The summed E-state index contributed by atoms with van der Waals surface area (Å²) in [6.07, 6.45) is 0. The van der Waals surface area contributed by atoms with E-state index < -0.39 is 5.97 Å². The predicted molar refractivity (Wildman–Crippen MR) is 51.4 cm³/mol. The van der Waals surface area contributed by atoms with Crippen molar-refractivity contribution < 1.29 is 14.3 Å². The van der Waals surface area contributed by atoms with Crippen LogP contribution >= 0.6 is 22.6 Å². The van der Waals surface area contributed by atoms with Crippen molar-refractivity contribution in [3.05, 3.63) is 0 Å². The molecule has 1 amide bonds. The molecule has 0 saturated heterocycles. The Labute approximate surface area is 84.2 Å². The molecule has 0 aromatic carbocycles. The second kappa shape index (κ2) is 6.91. The summed E-state index contributed by atoms with van der Waals surface area (Å²) in [5, 5.41) is 2.31. The van der Waals surface area contributed by atoms with Gasteiger partial charge in [-0.15, -0.1) is 0 Å². The van der Waals surface area contributed by atoms with Gasteiger partial charge in [-0.2, -0.15) is 0 Å². The van der Waals surface area contributed by atoms with E-state index in [0.717, 1.165) is 0 Å². The van der Waals surface area contributed by atoms with Gasteiger partial charge in [0.1, 0.15) is 6.54 Å². The number of amides is 1. The number of hydrogen-bond donors (Lipinski definition) is 1. The Kier molecular flexibility index (Phi) is 6.47. The van der Waals surface area contributed by atoms with Gasteiger partial charge in [-0.1, -0.05) is 5.92 Å². The van der Waals surface area contributed by atoms with Crippen LogP contribution in [-0.4, -0.2) is 25.0 Å². The first-order chi connectivity index (χ1) is 5.66. The van der Waals surface area contributed by atoms with E-state index in [1.165, 1.54) is 6.92 Å². The minimum atomic E-state index is -0.482. The van der Waals surface area contributed by atoms with E-state index in [0.29, 0.717) is 0 Å². The molecule has 1 N–H and O–H groups in total. The van der Waals surface area contributed by atoms with Gasteiger partial charge in [0, 0.05) is 29.5 Å². The topological polar surface area (TPSA) is 55.4 Å². The van der Waals surface area contributed by atoms with Crippen LogP contribution in [0.1, 0.15) is 6.92 Å². The molecule has 0 radical (unpaired) electrons. The van der Waals surface area contributed by atoms with Crippen molar-refractivity contribution in [2.24, 2.45) is 0 Å². The molecule has 0 saturated carbocycles. The van der Waals surface area contributed by atoms with Crippen molar-refractivity contribution in [1.29, 1.82) is 0 Å². The summed E-state index contributed by atoms with van der Waals surface area (Å²) in [5.74, 6) is 1.81. The maximum atomic E-state index is 10.7. The molecule has 0 fully saturated rings. The third kappa shape index (κ3) is 7.34. The highest BCUT2D eigenvalue weighted by Crippen LogP contribution is 1.77. The van der Waals surface area contributed by atoms with Crippen LogP contribution in [0.3, 0.4) is 0 Å². The first-order valence-electron chi connectivity index (χ1n) is 3.15. The summed E-state index contributed by atoms with van der Waals surface area (Å²) in [6, 6.07) is 0. The molecule has 12 heavy (non-hydrogen) atoms. The molecule has 0 aliphatic rings. The molecule has 0 aliphatic carbocycles. The van der Waals surface area contributed by atoms with Gasteiger partial charge in [-0.25, -0.2) is 0 Å². The zero-order valence-corrected chi connectivity index (χ0v) is 8.67. The van der Waals surface area contributed by atoms with Crippen LogP contribution in [0.15, 0.2) is 0 Å². The van der Waals surface area contributed by atoms with Gasteiger partial charge in [0.15, 0.2) is 6.61 Å². The molecule has 5 heteroatoms. The van der Waals surface area contributed by atoms with E-state index in [1.54, 1.807) is 0 Å². The summed E-state index contributed by atoms with van der Waals surface area (Å²) in [7, 11) is 0. The second-order valence-corrected chi connectivity index (χ2v) is 2.38. The van der Waals surface area contributed by atoms with E-state index in [-0.39, 0.29) is 19.1 Å². The maximum Gasteiger partial charge on any atom is 0.326 e. The molecular formula is C7H8INO3. The average Bonchev–Trinajstić information content (AvgIpc) is 2.01. The monoisotopic (exact) mass is 281 g/mol. The Morgan fingerprint density at radius 1 is 1.58 bits per heavy atom. The van der Waals surface area contributed by atoms with Crippen molar-refractivity contribution in [1.82, 2.24) is 5.32 Å². The van der Waals surface area contributed by atoms with Gasteiger partial charge in [0.2, 0.25) is 5.91 Å². The Balaban J connectivity index is 3.44. The van der Waals surface area contributed by atoms with Crippen molar-refractivity contribution in [3.63, 3.8) is 0 Å². The van der Waals surface area contributed by atoms with Gasteiger partial charge in [-0.05, 0) is 3.93 Å². The molecule has 0 spiro atoms. The molecule has 0 heterocycles. The largest absolute Gasteiger partial charge is 0.451 e. The van der Waals surface area contributed by atoms with E-state index in [2.05, 4.69) is 19.9 Å². The van der Waals surface area contributed by atoms with Crippen molar-refractivity contribution in [2.75, 3.05) is 13.2 Å². The zero-order chi connectivity index (χ0) is 9.40. The number of ether oxygens (including phenoxy) is 1. The lowest BCUT2D eigenvalue weighted by Gasteiger charge is -2.00. The molecule has 0 aliphatic heterocycles. The fraction of sp³-hybridized carbons (Fsp3) is 0.429. The van der Waals surface area contributed by atoms with Crippen LogP contribution in [0, 0.1) is 9.85 Å². The predicted octanol–water partition coefficient (Wildman–Crippen LogP) is 0.0616. The third-order valence-electron chi connectivity index (χ3n) is 0.854. The summed E-state index contributed by atoms with van der Waals surface area (Å²) < 4.78 is 7.14. The molecule has 0 aromatic rings. The SMILES string of the molecule is CC(=O)NCC(=O)OCC#CI. The number of halogens is 1. The molecule has 4 nitrogen and oxygen atoms in total. The molecule has 66 valence electrons. The zero-order valence-electron chi connectivity index (χ0n) is 6.52. The first kappa shape index (κ1) is 11.2. The van der Waals surface area contributed by atoms with Crippen LogP contribution < -0.4 is 5.32 Å². The lowest BCUT2D eigenvalue weighted by Crippen LogP contribution is -2.28. The van der Waals surface area contributed by atoms with E-state index in [4.69, 9.17) is 0 Å². The molecular weight excluding hydrogens is 273 g/mol. The number of hydrogen-bond acceptors (Lipinski definition) is 3. The minimum Gasteiger partial charge on any atom is -0.451 e. The molecule has 0 atom stereocenters. The molecule has 0 aromatic heterocycles. The highest BCUT2D eigenvalue weighted by Gasteiger charge is 2.00. The number of carbonyl (C=O) groups is 2. The normalized spacial score (nSPS) is 7.83. The smallest absolute Gasteiger partial charge is 0.326 e. The Morgan fingerprint density at radius 3 is 2.75 bits per heavy atom. The van der Waals surface area contributed by atoms with E-state index >= 15 is 0 Å². The highest BCUT2D eigenvalue weighted by molar-refractivity contribution is 14.1. The first-order valence-corrected chi connectivity index (χ1v) is 4.23. The maximum absolute atomic E-state index is 10.7. The number of rotatable bonds is 3. The summed E-state index contributed by atoms with van der Waals surface area (Å²) in [4.78, 5) is 21.0. The van der Waals surface area contributed by atoms with Gasteiger partial charge < -0.3 is 10.1 Å². The average molecular weight is 281 g/mol. The van der Waals surface area contributed by atoms with E-state index in [9.17, 15) is 9.59 Å². The standard InChI is InChI=1S/C7H8INO3/c1-6(10)9-5-7(11)12-4-2-3-8/h4-5H2,1H3,(H,9,10). The Morgan fingerprint density at radius 2 is 2.25 bits per heavy atom. The molecule has 0 rings (SSSR count). The third-order valence-corrected chi connectivity index (χ3v) is 1.24. The van der Waals surface area contributed by atoms with Crippen molar-refractivity contribution in [3.8, 4) is 9.85 Å². The van der Waals surface area contributed by atoms with Crippen LogP contribution in [0.2, 0.25) is 0 Å². The van der Waals surface area contributed by atoms with Crippen LogP contribution in [-0.2, 0) is 14.3 Å². The highest BCUT2D eigenvalue weighted by atomic mass is 127. The van der Waals surface area contributed by atoms with Gasteiger partial charge in [-0.3, -0.25) is 9.59 Å². The fourth-order valence-electron chi connectivity index (χ4n) is 0.392. The van der Waals surface area contributed by atoms with Gasteiger partial charge in [0.05, 0.1) is 0 Å².